The van der Waals surface area contributed by atoms with E-state index in [-0.39, 0.29) is 18.9 Å². The molecule has 1 aliphatic heterocycles. The van der Waals surface area contributed by atoms with Crippen LogP contribution in [0.2, 0.25) is 0 Å². The third-order valence-corrected chi connectivity index (χ3v) is 4.77. The van der Waals surface area contributed by atoms with E-state index in [0.29, 0.717) is 5.82 Å². The minimum Gasteiger partial charge on any atom is -0.295 e. The van der Waals surface area contributed by atoms with Crippen molar-refractivity contribution in [2.24, 2.45) is 5.14 Å². The van der Waals surface area contributed by atoms with Crippen LogP contribution < -0.4 is 10.0 Å². The maximum atomic E-state index is 12.1. The summed E-state index contributed by atoms with van der Waals surface area (Å²) in [6.07, 6.45) is 1.51. The van der Waals surface area contributed by atoms with E-state index < -0.39 is 15.3 Å². The van der Waals surface area contributed by atoms with Crippen molar-refractivity contribution in [1.82, 2.24) is 10.2 Å². The molecule has 0 radical (unpaired) electrons. The number of rotatable bonds is 3. The Kier molecular flexibility index (Phi) is 3.26. The van der Waals surface area contributed by atoms with Gasteiger partial charge in [0.2, 0.25) is 15.9 Å². The number of benzene rings is 1. The smallest absolute Gasteiger partial charge is 0.229 e. The highest BCUT2D eigenvalue weighted by Gasteiger charge is 2.38. The van der Waals surface area contributed by atoms with E-state index in [4.69, 9.17) is 5.14 Å². The Morgan fingerprint density at radius 3 is 2.62 bits per heavy atom. The first-order valence-electron chi connectivity index (χ1n) is 6.37. The fourth-order valence-corrected chi connectivity index (χ4v) is 3.16. The number of sulfonamides is 1. The van der Waals surface area contributed by atoms with Crippen molar-refractivity contribution in [2.75, 3.05) is 11.4 Å². The number of primary sulfonamides is 1. The molecule has 0 saturated carbocycles. The summed E-state index contributed by atoms with van der Waals surface area (Å²) in [5.41, 5.74) is 1.65. The third kappa shape index (κ3) is 2.55. The number of aromatic amines is 1. The molecule has 110 valence electrons. The van der Waals surface area contributed by atoms with E-state index in [2.05, 4.69) is 10.2 Å². The molecule has 1 aromatic heterocycles. The topological polar surface area (TPSA) is 109 Å². The van der Waals surface area contributed by atoms with E-state index >= 15 is 0 Å². The average molecular weight is 306 g/mol. The Morgan fingerprint density at radius 1 is 1.29 bits per heavy atom. The molecule has 1 saturated heterocycles. The molecule has 21 heavy (non-hydrogen) atoms. The molecule has 0 aliphatic carbocycles. The van der Waals surface area contributed by atoms with Gasteiger partial charge in [-0.1, -0.05) is 30.3 Å². The summed E-state index contributed by atoms with van der Waals surface area (Å²) in [5, 5.41) is 11.0. The Balaban J connectivity index is 1.96. The fourth-order valence-electron chi connectivity index (χ4n) is 2.43. The summed E-state index contributed by atoms with van der Waals surface area (Å²) in [5.74, 6) is 0.216. The molecule has 3 rings (SSSR count). The van der Waals surface area contributed by atoms with Crippen molar-refractivity contribution in [3.63, 3.8) is 0 Å². The molecule has 8 heteroatoms. The van der Waals surface area contributed by atoms with Crippen molar-refractivity contribution in [2.45, 2.75) is 11.7 Å². The van der Waals surface area contributed by atoms with Crippen LogP contribution in [0.25, 0.3) is 11.1 Å². The number of amides is 1. The van der Waals surface area contributed by atoms with Gasteiger partial charge in [-0.05, 0) is 5.56 Å². The monoisotopic (exact) mass is 306 g/mol. The molecule has 1 amide bonds. The molecular weight excluding hydrogens is 292 g/mol. The molecule has 7 nitrogen and oxygen atoms in total. The van der Waals surface area contributed by atoms with E-state index in [1.807, 2.05) is 30.3 Å². The Hall–Kier alpha value is -2.19. The van der Waals surface area contributed by atoms with Crippen LogP contribution in [0.1, 0.15) is 6.42 Å². The zero-order valence-electron chi connectivity index (χ0n) is 11.1. The molecule has 2 aromatic rings. The predicted octanol–water partition coefficient (Wildman–Crippen LogP) is 0.471. The lowest BCUT2D eigenvalue weighted by Gasteiger charge is -2.16. The van der Waals surface area contributed by atoms with Crippen molar-refractivity contribution in [3.05, 3.63) is 36.5 Å². The van der Waals surface area contributed by atoms with Crippen LogP contribution in [-0.2, 0) is 14.8 Å². The van der Waals surface area contributed by atoms with E-state index in [1.165, 1.54) is 4.90 Å². The number of anilines is 1. The van der Waals surface area contributed by atoms with Crippen molar-refractivity contribution in [1.29, 1.82) is 0 Å². The summed E-state index contributed by atoms with van der Waals surface area (Å²) in [7, 11) is -3.73. The number of hydrogen-bond acceptors (Lipinski definition) is 4. The van der Waals surface area contributed by atoms with Gasteiger partial charge in [0.1, 0.15) is 11.1 Å². The first-order chi connectivity index (χ1) is 9.97. The highest BCUT2D eigenvalue weighted by atomic mass is 32.2. The van der Waals surface area contributed by atoms with Crippen molar-refractivity contribution in [3.8, 4) is 11.1 Å². The van der Waals surface area contributed by atoms with Crippen molar-refractivity contribution >= 4 is 21.7 Å². The standard InChI is InChI=1S/C13H14N4O3S/c14-21(19,20)10-6-12(18)17(8-10)13-11(7-15-16-13)9-4-2-1-3-5-9/h1-5,7,10H,6,8H2,(H,15,16)(H2,14,19,20). The van der Waals surface area contributed by atoms with Crippen LogP contribution in [0.15, 0.2) is 36.5 Å². The SMILES string of the molecule is NS(=O)(=O)C1CC(=O)N(c2[nH]ncc2-c2ccccc2)C1. The molecule has 3 N–H and O–H groups in total. The number of H-pyrrole nitrogens is 1. The van der Waals surface area contributed by atoms with Gasteiger partial charge >= 0.3 is 0 Å². The lowest BCUT2D eigenvalue weighted by atomic mass is 10.1. The predicted molar refractivity (Wildman–Crippen MR) is 77.9 cm³/mol. The van der Waals surface area contributed by atoms with Crippen molar-refractivity contribution < 1.29 is 13.2 Å². The Labute approximate surface area is 121 Å². The van der Waals surface area contributed by atoms with Crippen LogP contribution >= 0.6 is 0 Å². The number of nitrogens with one attached hydrogen (secondary N) is 1. The second kappa shape index (κ2) is 4.97. The first-order valence-corrected chi connectivity index (χ1v) is 7.98. The second-order valence-corrected chi connectivity index (χ2v) is 6.76. The van der Waals surface area contributed by atoms with Gasteiger partial charge in [0.25, 0.3) is 0 Å². The van der Waals surface area contributed by atoms with Gasteiger partial charge in [0.05, 0.1) is 6.20 Å². The van der Waals surface area contributed by atoms with Crippen LogP contribution in [0.3, 0.4) is 0 Å². The third-order valence-electron chi connectivity index (χ3n) is 3.53. The van der Waals surface area contributed by atoms with Gasteiger partial charge < -0.3 is 0 Å². The van der Waals surface area contributed by atoms with Gasteiger partial charge in [-0.3, -0.25) is 14.8 Å². The van der Waals surface area contributed by atoms with E-state index in [0.717, 1.165) is 11.1 Å². The largest absolute Gasteiger partial charge is 0.295 e. The molecule has 1 unspecified atom stereocenters. The zero-order chi connectivity index (χ0) is 15.0. The van der Waals surface area contributed by atoms with Gasteiger partial charge in [-0.25, -0.2) is 13.6 Å². The van der Waals surface area contributed by atoms with Gasteiger partial charge in [0.15, 0.2) is 0 Å². The zero-order valence-corrected chi connectivity index (χ0v) is 11.9. The maximum absolute atomic E-state index is 12.1. The summed E-state index contributed by atoms with van der Waals surface area (Å²) < 4.78 is 22.8. The number of carbonyl (C=O) groups is 1. The highest BCUT2D eigenvalue weighted by Crippen LogP contribution is 2.32. The number of nitrogens with two attached hydrogens (primary N) is 1. The molecule has 1 atom stereocenters. The minimum atomic E-state index is -3.73. The minimum absolute atomic E-state index is 0.0414. The number of hydrogen-bond donors (Lipinski definition) is 2. The van der Waals surface area contributed by atoms with Crippen LogP contribution in [0.4, 0.5) is 5.82 Å². The Bertz CT molecular complexity index is 770. The first kappa shape index (κ1) is 13.8. The molecular formula is C13H14N4O3S. The molecule has 2 heterocycles. The maximum Gasteiger partial charge on any atom is 0.229 e. The van der Waals surface area contributed by atoms with Gasteiger partial charge in [-0.2, -0.15) is 5.10 Å². The molecule has 1 aromatic carbocycles. The lowest BCUT2D eigenvalue weighted by Crippen LogP contribution is -2.32. The Morgan fingerprint density at radius 2 is 2.00 bits per heavy atom. The molecule has 1 fully saturated rings. The van der Waals surface area contributed by atoms with Gasteiger partial charge in [-0.15, -0.1) is 0 Å². The van der Waals surface area contributed by atoms with Crippen LogP contribution in [0, 0.1) is 0 Å². The quantitative estimate of drug-likeness (QED) is 0.859. The van der Waals surface area contributed by atoms with Crippen LogP contribution in [-0.4, -0.2) is 36.3 Å². The number of nitrogens with zero attached hydrogens (tertiary/aromatic N) is 2. The van der Waals surface area contributed by atoms with E-state index in [1.54, 1.807) is 6.20 Å². The second-order valence-electron chi connectivity index (χ2n) is 4.92. The molecule has 1 aliphatic rings. The van der Waals surface area contributed by atoms with Crippen LogP contribution in [0.5, 0.6) is 0 Å². The summed E-state index contributed by atoms with van der Waals surface area (Å²) in [6, 6.07) is 9.44. The summed E-state index contributed by atoms with van der Waals surface area (Å²) in [6.45, 7) is 0.0414. The fraction of sp³-hybridized carbons (Fsp3) is 0.231. The average Bonchev–Trinajstić information content (AvgIpc) is 3.05. The summed E-state index contributed by atoms with van der Waals surface area (Å²) >= 11 is 0. The molecule has 0 bridgehead atoms. The normalized spacial score (nSPS) is 19.2. The highest BCUT2D eigenvalue weighted by molar-refractivity contribution is 7.89. The number of aromatic nitrogens is 2. The lowest BCUT2D eigenvalue weighted by molar-refractivity contribution is -0.117. The number of carbonyl (C=O) groups excluding carboxylic acids is 1. The summed E-state index contributed by atoms with van der Waals surface area (Å²) in [4.78, 5) is 13.5. The van der Waals surface area contributed by atoms with Gasteiger partial charge in [0, 0.05) is 18.5 Å². The van der Waals surface area contributed by atoms with E-state index in [9.17, 15) is 13.2 Å². The molecule has 0 spiro atoms.